The highest BCUT2D eigenvalue weighted by Crippen LogP contribution is 2.21. The molecule has 0 spiro atoms. The number of amides is 2. The Morgan fingerprint density at radius 1 is 1.33 bits per heavy atom. The van der Waals surface area contributed by atoms with E-state index in [0.29, 0.717) is 19.5 Å². The average molecular weight is 256 g/mol. The lowest BCUT2D eigenvalue weighted by Gasteiger charge is -2.28. The first-order valence-electron chi connectivity index (χ1n) is 6.54. The van der Waals surface area contributed by atoms with Crippen molar-refractivity contribution in [3.05, 3.63) is 0 Å². The molecular formula is C13H24N2O3. The molecule has 0 aromatic rings. The van der Waals surface area contributed by atoms with Crippen molar-refractivity contribution >= 4 is 12.0 Å². The van der Waals surface area contributed by atoms with E-state index in [0.717, 1.165) is 19.3 Å². The van der Waals surface area contributed by atoms with Gasteiger partial charge in [-0.3, -0.25) is 4.79 Å². The Labute approximate surface area is 109 Å². The molecule has 0 aromatic heterocycles. The van der Waals surface area contributed by atoms with Gasteiger partial charge in [0, 0.05) is 19.5 Å². The number of nitrogens with two attached hydrogens (primary N) is 1. The third kappa shape index (κ3) is 5.38. The van der Waals surface area contributed by atoms with Gasteiger partial charge in [0.15, 0.2) is 0 Å². The van der Waals surface area contributed by atoms with Gasteiger partial charge in [0.1, 0.15) is 5.60 Å². The summed E-state index contributed by atoms with van der Waals surface area (Å²) in [7, 11) is 0. The first-order chi connectivity index (χ1) is 8.28. The Morgan fingerprint density at radius 2 is 2.00 bits per heavy atom. The molecule has 1 unspecified atom stereocenters. The van der Waals surface area contributed by atoms with E-state index in [-0.39, 0.29) is 17.9 Å². The minimum atomic E-state index is -0.484. The predicted octanol–water partition coefficient (Wildman–Crippen LogP) is 1.90. The lowest BCUT2D eigenvalue weighted by Crippen LogP contribution is -2.39. The highest BCUT2D eigenvalue weighted by molar-refractivity contribution is 5.74. The minimum absolute atomic E-state index is 0.164. The molecular weight excluding hydrogens is 232 g/mol. The van der Waals surface area contributed by atoms with Crippen LogP contribution < -0.4 is 5.73 Å². The number of hydrogen-bond donors (Lipinski definition) is 1. The molecule has 5 heteroatoms. The molecule has 1 atom stereocenters. The van der Waals surface area contributed by atoms with Crippen LogP contribution in [0.15, 0.2) is 0 Å². The number of ether oxygens (including phenoxy) is 1. The van der Waals surface area contributed by atoms with Crippen molar-refractivity contribution in [2.75, 3.05) is 13.1 Å². The third-order valence-electron chi connectivity index (χ3n) is 2.91. The number of carbonyl (C=O) groups excluding carboxylic acids is 2. The molecule has 0 radical (unpaired) electrons. The van der Waals surface area contributed by atoms with E-state index in [1.54, 1.807) is 4.90 Å². The molecule has 104 valence electrons. The van der Waals surface area contributed by atoms with Crippen LogP contribution in [-0.2, 0) is 9.53 Å². The highest BCUT2D eigenvalue weighted by Gasteiger charge is 2.26. The largest absolute Gasteiger partial charge is 0.444 e. The molecule has 1 heterocycles. The normalized spacial score (nSPS) is 21.3. The van der Waals surface area contributed by atoms with Gasteiger partial charge in [-0.05, 0) is 39.5 Å². The van der Waals surface area contributed by atoms with Crippen molar-refractivity contribution in [2.45, 2.75) is 52.1 Å². The molecule has 0 saturated carbocycles. The zero-order valence-electron chi connectivity index (χ0n) is 11.6. The van der Waals surface area contributed by atoms with E-state index in [9.17, 15) is 9.59 Å². The molecule has 18 heavy (non-hydrogen) atoms. The molecule has 0 bridgehead atoms. The van der Waals surface area contributed by atoms with Crippen LogP contribution in [0, 0.1) is 5.92 Å². The van der Waals surface area contributed by atoms with Crippen molar-refractivity contribution in [3.63, 3.8) is 0 Å². The van der Waals surface area contributed by atoms with Gasteiger partial charge in [-0.2, -0.15) is 0 Å². The Bertz CT molecular complexity index is 310. The van der Waals surface area contributed by atoms with E-state index in [4.69, 9.17) is 10.5 Å². The zero-order valence-corrected chi connectivity index (χ0v) is 11.6. The second-order valence-corrected chi connectivity index (χ2v) is 5.96. The summed E-state index contributed by atoms with van der Waals surface area (Å²) >= 11 is 0. The van der Waals surface area contributed by atoms with Crippen molar-refractivity contribution < 1.29 is 14.3 Å². The van der Waals surface area contributed by atoms with E-state index in [2.05, 4.69) is 0 Å². The third-order valence-corrected chi connectivity index (χ3v) is 2.91. The first-order valence-corrected chi connectivity index (χ1v) is 6.54. The monoisotopic (exact) mass is 256 g/mol. The minimum Gasteiger partial charge on any atom is -0.444 e. The van der Waals surface area contributed by atoms with Crippen LogP contribution in [0.1, 0.15) is 46.5 Å². The molecule has 1 saturated heterocycles. The van der Waals surface area contributed by atoms with Crippen LogP contribution in [0.5, 0.6) is 0 Å². The summed E-state index contributed by atoms with van der Waals surface area (Å²) in [5.41, 5.74) is 4.74. The maximum Gasteiger partial charge on any atom is 0.410 e. The summed E-state index contributed by atoms with van der Waals surface area (Å²) in [6, 6.07) is 0. The van der Waals surface area contributed by atoms with Gasteiger partial charge in [0.05, 0.1) is 0 Å². The summed E-state index contributed by atoms with van der Waals surface area (Å²) in [5, 5.41) is 0. The predicted molar refractivity (Wildman–Crippen MR) is 69.0 cm³/mol. The smallest absolute Gasteiger partial charge is 0.410 e. The van der Waals surface area contributed by atoms with Gasteiger partial charge >= 0.3 is 6.09 Å². The van der Waals surface area contributed by atoms with Gasteiger partial charge < -0.3 is 15.4 Å². The number of hydrogen-bond acceptors (Lipinski definition) is 3. The fourth-order valence-corrected chi connectivity index (χ4v) is 2.17. The first kappa shape index (κ1) is 14.8. The summed E-state index contributed by atoms with van der Waals surface area (Å²) in [6.07, 6.45) is 2.98. The van der Waals surface area contributed by atoms with E-state index < -0.39 is 5.60 Å². The van der Waals surface area contributed by atoms with E-state index in [1.807, 2.05) is 20.8 Å². The maximum atomic E-state index is 12.0. The van der Waals surface area contributed by atoms with Crippen LogP contribution >= 0.6 is 0 Å². The molecule has 1 fully saturated rings. The molecule has 5 nitrogen and oxygen atoms in total. The lowest BCUT2D eigenvalue weighted by atomic mass is 9.99. The van der Waals surface area contributed by atoms with Crippen LogP contribution in [-0.4, -0.2) is 35.6 Å². The molecule has 2 amide bonds. The second kappa shape index (κ2) is 6.07. The fourth-order valence-electron chi connectivity index (χ4n) is 2.17. The van der Waals surface area contributed by atoms with Gasteiger partial charge in [0.2, 0.25) is 5.91 Å². The van der Waals surface area contributed by atoms with Crippen LogP contribution in [0.4, 0.5) is 4.79 Å². The molecule has 0 aromatic carbocycles. The topological polar surface area (TPSA) is 72.6 Å². The van der Waals surface area contributed by atoms with Crippen molar-refractivity contribution in [1.29, 1.82) is 0 Å². The Balaban J connectivity index is 2.58. The fraction of sp³-hybridized carbons (Fsp3) is 0.846. The molecule has 2 N–H and O–H groups in total. The standard InChI is InChI=1S/C13H24N2O3/c1-13(2,3)18-12(17)15-7-5-4-6-10(9-15)8-11(14)16/h10H,4-9H2,1-3H3,(H2,14,16). The zero-order chi connectivity index (χ0) is 13.8. The Morgan fingerprint density at radius 3 is 2.56 bits per heavy atom. The van der Waals surface area contributed by atoms with Crippen molar-refractivity contribution in [2.24, 2.45) is 11.7 Å². The summed E-state index contributed by atoms with van der Waals surface area (Å²) in [4.78, 5) is 24.7. The van der Waals surface area contributed by atoms with Crippen LogP contribution in [0.25, 0.3) is 0 Å². The summed E-state index contributed by atoms with van der Waals surface area (Å²) in [6.45, 7) is 6.82. The maximum absolute atomic E-state index is 12.0. The Hall–Kier alpha value is -1.26. The number of likely N-dealkylation sites (tertiary alicyclic amines) is 1. The average Bonchev–Trinajstić information content (AvgIpc) is 2.39. The van der Waals surface area contributed by atoms with Gasteiger partial charge in [-0.25, -0.2) is 4.79 Å². The molecule has 1 aliphatic rings. The lowest BCUT2D eigenvalue weighted by molar-refractivity contribution is -0.119. The highest BCUT2D eigenvalue weighted by atomic mass is 16.6. The van der Waals surface area contributed by atoms with E-state index in [1.165, 1.54) is 0 Å². The van der Waals surface area contributed by atoms with Gasteiger partial charge in [0.25, 0.3) is 0 Å². The van der Waals surface area contributed by atoms with Gasteiger partial charge in [-0.1, -0.05) is 6.42 Å². The molecule has 0 aliphatic carbocycles. The number of nitrogens with zero attached hydrogens (tertiary/aromatic N) is 1. The summed E-state index contributed by atoms with van der Waals surface area (Å²) in [5.74, 6) is -0.136. The number of primary amides is 1. The van der Waals surface area contributed by atoms with Crippen molar-refractivity contribution in [1.82, 2.24) is 4.90 Å². The summed E-state index contributed by atoms with van der Waals surface area (Å²) < 4.78 is 5.36. The number of rotatable bonds is 2. The van der Waals surface area contributed by atoms with Crippen molar-refractivity contribution in [3.8, 4) is 0 Å². The van der Waals surface area contributed by atoms with Gasteiger partial charge in [-0.15, -0.1) is 0 Å². The quantitative estimate of drug-likeness (QED) is 0.820. The van der Waals surface area contributed by atoms with E-state index >= 15 is 0 Å². The van der Waals surface area contributed by atoms with Crippen LogP contribution in [0.2, 0.25) is 0 Å². The van der Waals surface area contributed by atoms with Crippen LogP contribution in [0.3, 0.4) is 0 Å². The SMILES string of the molecule is CC(C)(C)OC(=O)N1CCCCC(CC(N)=O)C1. The number of carbonyl (C=O) groups is 2. The second-order valence-electron chi connectivity index (χ2n) is 5.96. The molecule has 1 rings (SSSR count). The Kier molecular flexibility index (Phi) is 4.99. The molecule has 1 aliphatic heterocycles.